The van der Waals surface area contributed by atoms with Crippen molar-refractivity contribution in [2.45, 2.75) is 25.7 Å². The second-order valence-electron chi connectivity index (χ2n) is 2.51. The Morgan fingerprint density at radius 1 is 1.15 bits per heavy atom. The molecule has 1 amide bonds. The topological polar surface area (TPSA) is 64.6 Å². The van der Waals surface area contributed by atoms with Crippen LogP contribution in [0.2, 0.25) is 0 Å². The number of unbranched alkanes of at least 4 members (excludes halogenated alkanes) is 1. The monoisotopic (exact) mass is 189 g/mol. The molecule has 0 radical (unpaired) electrons. The van der Waals surface area contributed by atoms with Crippen LogP contribution < -0.4 is 5.48 Å². The number of methoxy groups -OCH3 is 1. The number of hydroxylamine groups is 1. The second-order valence-corrected chi connectivity index (χ2v) is 2.51. The fourth-order valence-corrected chi connectivity index (χ4v) is 0.822. The van der Waals surface area contributed by atoms with E-state index in [4.69, 9.17) is 0 Å². The van der Waals surface area contributed by atoms with Crippen molar-refractivity contribution in [3.8, 4) is 0 Å². The highest BCUT2D eigenvalue weighted by Gasteiger charge is 2.02. The lowest BCUT2D eigenvalue weighted by Gasteiger charge is -2.01. The quantitative estimate of drug-likeness (QED) is 0.373. The van der Waals surface area contributed by atoms with Crippen molar-refractivity contribution in [3.63, 3.8) is 0 Å². The molecule has 0 spiro atoms. The number of ether oxygens (including phenoxy) is 1. The van der Waals surface area contributed by atoms with Crippen molar-refractivity contribution in [3.05, 3.63) is 0 Å². The van der Waals surface area contributed by atoms with Gasteiger partial charge in [-0.15, -0.1) is 0 Å². The molecule has 0 bridgehead atoms. The molecule has 0 atom stereocenters. The lowest BCUT2D eigenvalue weighted by atomic mass is 10.2. The zero-order valence-corrected chi connectivity index (χ0v) is 7.96. The van der Waals surface area contributed by atoms with Gasteiger partial charge in [-0.25, -0.2) is 5.48 Å². The molecule has 13 heavy (non-hydrogen) atoms. The predicted octanol–water partition coefficient (Wildman–Crippen LogP) is 0.397. The van der Waals surface area contributed by atoms with Crippen LogP contribution in [0.3, 0.4) is 0 Å². The van der Waals surface area contributed by atoms with Gasteiger partial charge >= 0.3 is 5.97 Å². The first-order valence-electron chi connectivity index (χ1n) is 4.09. The SMILES string of the molecule is CONC(=O)CCCCC(=O)OC. The van der Waals surface area contributed by atoms with Crippen molar-refractivity contribution < 1.29 is 19.2 Å². The van der Waals surface area contributed by atoms with Crippen LogP contribution in [0.4, 0.5) is 0 Å². The average Bonchev–Trinajstić information content (AvgIpc) is 2.12. The van der Waals surface area contributed by atoms with E-state index in [0.29, 0.717) is 25.7 Å². The number of amides is 1. The number of hydrogen-bond donors (Lipinski definition) is 1. The molecule has 0 saturated carbocycles. The van der Waals surface area contributed by atoms with E-state index < -0.39 is 0 Å². The highest BCUT2D eigenvalue weighted by Crippen LogP contribution is 2.00. The third-order valence-electron chi connectivity index (χ3n) is 1.48. The Hall–Kier alpha value is -1.10. The van der Waals surface area contributed by atoms with Gasteiger partial charge in [0, 0.05) is 12.8 Å². The summed E-state index contributed by atoms with van der Waals surface area (Å²) in [7, 11) is 2.73. The molecule has 0 aromatic rings. The smallest absolute Gasteiger partial charge is 0.305 e. The van der Waals surface area contributed by atoms with Crippen molar-refractivity contribution in [2.24, 2.45) is 0 Å². The van der Waals surface area contributed by atoms with Crippen LogP contribution in [0.25, 0.3) is 0 Å². The van der Waals surface area contributed by atoms with Crippen molar-refractivity contribution in [1.82, 2.24) is 5.48 Å². The maximum atomic E-state index is 10.8. The molecule has 1 N–H and O–H groups in total. The molecular formula is C8H15NO4. The summed E-state index contributed by atoms with van der Waals surface area (Å²) >= 11 is 0. The standard InChI is InChI=1S/C8H15NO4/c1-12-8(11)6-4-3-5-7(10)9-13-2/h3-6H2,1-2H3,(H,9,10). The number of hydrogen-bond acceptors (Lipinski definition) is 4. The first kappa shape index (κ1) is 11.9. The zero-order valence-electron chi connectivity index (χ0n) is 7.96. The third-order valence-corrected chi connectivity index (χ3v) is 1.48. The Morgan fingerprint density at radius 2 is 1.77 bits per heavy atom. The first-order chi connectivity index (χ1) is 6.20. The molecular weight excluding hydrogens is 174 g/mol. The van der Waals surface area contributed by atoms with Crippen molar-refractivity contribution in [2.75, 3.05) is 14.2 Å². The lowest BCUT2D eigenvalue weighted by molar-refractivity contribution is -0.141. The van der Waals surface area contributed by atoms with Gasteiger partial charge in [-0.2, -0.15) is 0 Å². The lowest BCUT2D eigenvalue weighted by Crippen LogP contribution is -2.21. The Balaban J connectivity index is 3.25. The zero-order chi connectivity index (χ0) is 10.1. The highest BCUT2D eigenvalue weighted by atomic mass is 16.6. The van der Waals surface area contributed by atoms with E-state index in [9.17, 15) is 9.59 Å². The van der Waals surface area contributed by atoms with Crippen LogP contribution in [-0.4, -0.2) is 26.1 Å². The summed E-state index contributed by atoms with van der Waals surface area (Å²) in [6, 6.07) is 0. The molecule has 0 aromatic carbocycles. The van der Waals surface area contributed by atoms with E-state index in [1.165, 1.54) is 14.2 Å². The minimum absolute atomic E-state index is 0.174. The summed E-state index contributed by atoms with van der Waals surface area (Å²) in [6.45, 7) is 0. The largest absolute Gasteiger partial charge is 0.469 e. The molecule has 0 aliphatic rings. The summed E-state index contributed by atoms with van der Waals surface area (Å²) in [5.41, 5.74) is 2.19. The van der Waals surface area contributed by atoms with Gasteiger partial charge in [-0.05, 0) is 12.8 Å². The normalized spacial score (nSPS) is 9.38. The van der Waals surface area contributed by atoms with Crippen LogP contribution in [-0.2, 0) is 19.2 Å². The maximum Gasteiger partial charge on any atom is 0.305 e. The minimum atomic E-state index is -0.243. The van der Waals surface area contributed by atoms with Crippen LogP contribution in [0.1, 0.15) is 25.7 Å². The van der Waals surface area contributed by atoms with E-state index in [2.05, 4.69) is 15.1 Å². The van der Waals surface area contributed by atoms with Gasteiger partial charge in [0.2, 0.25) is 5.91 Å². The molecule has 0 fully saturated rings. The molecule has 0 aliphatic carbocycles. The predicted molar refractivity (Wildman–Crippen MR) is 45.6 cm³/mol. The summed E-state index contributed by atoms with van der Waals surface area (Å²) in [5.74, 6) is -0.417. The van der Waals surface area contributed by atoms with E-state index in [1.807, 2.05) is 0 Å². The number of nitrogens with one attached hydrogen (secondary N) is 1. The average molecular weight is 189 g/mol. The molecule has 0 rings (SSSR count). The Labute approximate surface area is 77.3 Å². The first-order valence-corrected chi connectivity index (χ1v) is 4.09. The second kappa shape index (κ2) is 7.54. The molecule has 0 aromatic heterocycles. The minimum Gasteiger partial charge on any atom is -0.469 e. The molecule has 76 valence electrons. The summed E-state index contributed by atoms with van der Waals surface area (Å²) in [4.78, 5) is 25.9. The van der Waals surface area contributed by atoms with Crippen LogP contribution >= 0.6 is 0 Å². The van der Waals surface area contributed by atoms with Gasteiger partial charge in [0.05, 0.1) is 14.2 Å². The van der Waals surface area contributed by atoms with E-state index in [-0.39, 0.29) is 11.9 Å². The Morgan fingerprint density at radius 3 is 2.31 bits per heavy atom. The number of carbonyl (C=O) groups is 2. The third kappa shape index (κ3) is 7.27. The highest BCUT2D eigenvalue weighted by molar-refractivity contribution is 5.74. The van der Waals surface area contributed by atoms with Crippen molar-refractivity contribution in [1.29, 1.82) is 0 Å². The van der Waals surface area contributed by atoms with Gasteiger partial charge in [-0.1, -0.05) is 0 Å². The molecule has 5 heteroatoms. The van der Waals surface area contributed by atoms with Gasteiger partial charge in [-0.3, -0.25) is 14.4 Å². The van der Waals surface area contributed by atoms with E-state index >= 15 is 0 Å². The summed E-state index contributed by atoms with van der Waals surface area (Å²) in [5, 5.41) is 0. The maximum absolute atomic E-state index is 10.8. The van der Waals surface area contributed by atoms with Gasteiger partial charge in [0.15, 0.2) is 0 Å². The summed E-state index contributed by atoms with van der Waals surface area (Å²) in [6.07, 6.45) is 2.04. The Bertz CT molecular complexity index is 170. The molecule has 0 heterocycles. The fourth-order valence-electron chi connectivity index (χ4n) is 0.822. The molecule has 0 aliphatic heterocycles. The van der Waals surface area contributed by atoms with Crippen LogP contribution in [0.5, 0.6) is 0 Å². The summed E-state index contributed by atoms with van der Waals surface area (Å²) < 4.78 is 4.44. The van der Waals surface area contributed by atoms with Gasteiger partial charge in [0.25, 0.3) is 0 Å². The number of esters is 1. The van der Waals surface area contributed by atoms with Crippen LogP contribution in [0, 0.1) is 0 Å². The van der Waals surface area contributed by atoms with Crippen LogP contribution in [0.15, 0.2) is 0 Å². The van der Waals surface area contributed by atoms with Crippen molar-refractivity contribution >= 4 is 11.9 Å². The van der Waals surface area contributed by atoms with Gasteiger partial charge < -0.3 is 4.74 Å². The number of carbonyl (C=O) groups excluding carboxylic acids is 2. The number of rotatable bonds is 6. The van der Waals surface area contributed by atoms with E-state index in [0.717, 1.165) is 0 Å². The van der Waals surface area contributed by atoms with Gasteiger partial charge in [0.1, 0.15) is 0 Å². The molecule has 5 nitrogen and oxygen atoms in total. The van der Waals surface area contributed by atoms with E-state index in [1.54, 1.807) is 0 Å². The molecule has 0 saturated heterocycles. The fraction of sp³-hybridized carbons (Fsp3) is 0.750. The Kier molecular flexibility index (Phi) is 6.91. The molecule has 0 unspecified atom stereocenters.